The molecule has 0 bridgehead atoms. The molecule has 136 valence electrons. The number of hydrogen-bond donors (Lipinski definition) is 1. The molecule has 0 atom stereocenters. The van der Waals surface area contributed by atoms with Crippen LogP contribution in [0.15, 0.2) is 36.4 Å². The van der Waals surface area contributed by atoms with E-state index in [0.29, 0.717) is 6.07 Å². The first-order valence-corrected chi connectivity index (χ1v) is 7.06. The van der Waals surface area contributed by atoms with Crippen molar-refractivity contribution in [3.05, 3.63) is 63.7 Å². The topological polar surface area (TPSA) is 108 Å². The van der Waals surface area contributed by atoms with Gasteiger partial charge in [-0.25, -0.2) is 13.6 Å². The van der Waals surface area contributed by atoms with E-state index in [1.165, 1.54) is 13.2 Å². The molecular formula is C16H12F2N2O6. The third kappa shape index (κ3) is 4.50. The zero-order chi connectivity index (χ0) is 19.3. The number of esters is 1. The Morgan fingerprint density at radius 2 is 1.88 bits per heavy atom. The van der Waals surface area contributed by atoms with Gasteiger partial charge in [-0.3, -0.25) is 14.9 Å². The van der Waals surface area contributed by atoms with Crippen LogP contribution in [0.3, 0.4) is 0 Å². The molecule has 26 heavy (non-hydrogen) atoms. The summed E-state index contributed by atoms with van der Waals surface area (Å²) in [6.07, 6.45) is 0. The zero-order valence-electron chi connectivity index (χ0n) is 13.3. The maximum absolute atomic E-state index is 13.1. The number of nitrogens with zero attached hydrogens (tertiary/aromatic N) is 1. The number of nitro benzene ring substituents is 1. The van der Waals surface area contributed by atoms with E-state index in [9.17, 15) is 28.5 Å². The third-order valence-electron chi connectivity index (χ3n) is 3.16. The van der Waals surface area contributed by atoms with E-state index in [4.69, 9.17) is 9.47 Å². The van der Waals surface area contributed by atoms with Gasteiger partial charge in [-0.15, -0.1) is 0 Å². The van der Waals surface area contributed by atoms with Gasteiger partial charge in [0, 0.05) is 6.07 Å². The highest BCUT2D eigenvalue weighted by atomic mass is 19.2. The monoisotopic (exact) mass is 366 g/mol. The number of anilines is 1. The van der Waals surface area contributed by atoms with Gasteiger partial charge in [-0.1, -0.05) is 0 Å². The lowest BCUT2D eigenvalue weighted by atomic mass is 10.2. The number of amides is 1. The van der Waals surface area contributed by atoms with Crippen molar-refractivity contribution in [1.82, 2.24) is 0 Å². The normalized spacial score (nSPS) is 10.1. The molecule has 0 aliphatic rings. The van der Waals surface area contributed by atoms with Gasteiger partial charge in [-0.2, -0.15) is 0 Å². The Kier molecular flexibility index (Phi) is 5.78. The Hall–Kier alpha value is -3.56. The zero-order valence-corrected chi connectivity index (χ0v) is 13.3. The summed E-state index contributed by atoms with van der Waals surface area (Å²) < 4.78 is 35.6. The second-order valence-electron chi connectivity index (χ2n) is 4.89. The van der Waals surface area contributed by atoms with Crippen molar-refractivity contribution in [3.63, 3.8) is 0 Å². The predicted octanol–water partition coefficient (Wildman–Crippen LogP) is 2.68. The molecular weight excluding hydrogens is 354 g/mol. The van der Waals surface area contributed by atoms with E-state index in [0.717, 1.165) is 24.3 Å². The minimum absolute atomic E-state index is 0.0412. The largest absolute Gasteiger partial charge is 0.494 e. The number of hydrogen-bond acceptors (Lipinski definition) is 6. The second-order valence-corrected chi connectivity index (χ2v) is 4.89. The molecule has 2 rings (SSSR count). The fourth-order valence-corrected chi connectivity index (χ4v) is 1.92. The molecule has 1 amide bonds. The van der Waals surface area contributed by atoms with Crippen molar-refractivity contribution in [1.29, 1.82) is 0 Å². The van der Waals surface area contributed by atoms with Crippen molar-refractivity contribution in [2.45, 2.75) is 0 Å². The number of ether oxygens (including phenoxy) is 2. The predicted molar refractivity (Wildman–Crippen MR) is 84.9 cm³/mol. The molecule has 0 heterocycles. The maximum Gasteiger partial charge on any atom is 0.338 e. The van der Waals surface area contributed by atoms with Crippen molar-refractivity contribution in [2.24, 2.45) is 0 Å². The molecule has 8 nitrogen and oxygen atoms in total. The van der Waals surface area contributed by atoms with Crippen LogP contribution < -0.4 is 10.1 Å². The lowest BCUT2D eigenvalue weighted by Gasteiger charge is -2.10. The second kappa shape index (κ2) is 8.01. The number of non-ortho nitro benzene ring substituents is 1. The van der Waals surface area contributed by atoms with E-state index in [-0.39, 0.29) is 22.7 Å². The summed E-state index contributed by atoms with van der Waals surface area (Å²) in [6.45, 7) is -0.710. The molecule has 0 fully saturated rings. The summed E-state index contributed by atoms with van der Waals surface area (Å²) >= 11 is 0. The first-order chi connectivity index (χ1) is 12.3. The number of benzene rings is 2. The van der Waals surface area contributed by atoms with Crippen LogP contribution >= 0.6 is 0 Å². The van der Waals surface area contributed by atoms with E-state index >= 15 is 0 Å². The lowest BCUT2D eigenvalue weighted by Crippen LogP contribution is -2.21. The molecule has 0 aliphatic heterocycles. The van der Waals surface area contributed by atoms with E-state index in [2.05, 4.69) is 5.32 Å². The summed E-state index contributed by atoms with van der Waals surface area (Å²) in [5.74, 6) is -4.08. The van der Waals surface area contributed by atoms with Crippen LogP contribution in [0.25, 0.3) is 0 Å². The first-order valence-electron chi connectivity index (χ1n) is 7.06. The van der Waals surface area contributed by atoms with Crippen LogP contribution in [0.5, 0.6) is 5.75 Å². The molecule has 0 saturated carbocycles. The summed E-state index contributed by atoms with van der Waals surface area (Å²) in [4.78, 5) is 33.6. The van der Waals surface area contributed by atoms with Crippen molar-refractivity contribution in [2.75, 3.05) is 19.0 Å². The molecule has 0 unspecified atom stereocenters. The fraction of sp³-hybridized carbons (Fsp3) is 0.125. The average Bonchev–Trinajstić information content (AvgIpc) is 2.62. The van der Waals surface area contributed by atoms with Crippen LogP contribution in [0, 0.1) is 21.7 Å². The SMILES string of the molecule is COc1cc([N+](=O)[O-])ccc1NC(=O)COC(=O)c1ccc(F)c(F)c1. The summed E-state index contributed by atoms with van der Waals surface area (Å²) in [6, 6.07) is 5.95. The maximum atomic E-state index is 13.1. The smallest absolute Gasteiger partial charge is 0.338 e. The third-order valence-corrected chi connectivity index (χ3v) is 3.16. The minimum atomic E-state index is -1.22. The average molecular weight is 366 g/mol. The Morgan fingerprint density at radius 1 is 1.15 bits per heavy atom. The molecule has 0 spiro atoms. The fourth-order valence-electron chi connectivity index (χ4n) is 1.92. The van der Waals surface area contributed by atoms with E-state index in [1.807, 2.05) is 0 Å². The Labute approximate surface area is 145 Å². The standard InChI is InChI=1S/C16H12F2N2O6/c1-25-14-7-10(20(23)24)3-5-13(14)19-15(21)8-26-16(22)9-2-4-11(17)12(18)6-9/h2-7H,8H2,1H3,(H,19,21). The highest BCUT2D eigenvalue weighted by molar-refractivity contribution is 5.96. The van der Waals surface area contributed by atoms with Crippen LogP contribution in [0.4, 0.5) is 20.2 Å². The highest BCUT2D eigenvalue weighted by Gasteiger charge is 2.16. The van der Waals surface area contributed by atoms with Gasteiger partial charge in [0.15, 0.2) is 18.2 Å². The Balaban J connectivity index is 1.99. The molecule has 0 aliphatic carbocycles. The van der Waals surface area contributed by atoms with Gasteiger partial charge >= 0.3 is 5.97 Å². The Morgan fingerprint density at radius 3 is 2.50 bits per heavy atom. The first kappa shape index (κ1) is 18.8. The van der Waals surface area contributed by atoms with Gasteiger partial charge in [-0.05, 0) is 24.3 Å². The van der Waals surface area contributed by atoms with Crippen LogP contribution in [0.1, 0.15) is 10.4 Å². The number of nitro groups is 1. The van der Waals surface area contributed by atoms with Crippen molar-refractivity contribution < 1.29 is 32.8 Å². The Bertz CT molecular complexity index is 872. The molecule has 2 aromatic carbocycles. The number of methoxy groups -OCH3 is 1. The number of rotatable bonds is 6. The van der Waals surface area contributed by atoms with Crippen LogP contribution in [-0.4, -0.2) is 30.5 Å². The molecule has 0 saturated heterocycles. The highest BCUT2D eigenvalue weighted by Crippen LogP contribution is 2.28. The molecule has 0 radical (unpaired) electrons. The summed E-state index contributed by atoms with van der Waals surface area (Å²) in [7, 11) is 1.26. The summed E-state index contributed by atoms with van der Waals surface area (Å²) in [5.41, 5.74) is -0.360. The number of carbonyl (C=O) groups excluding carboxylic acids is 2. The molecule has 1 N–H and O–H groups in total. The van der Waals surface area contributed by atoms with E-state index in [1.54, 1.807) is 0 Å². The molecule has 0 aromatic heterocycles. The summed E-state index contributed by atoms with van der Waals surface area (Å²) in [5, 5.41) is 13.1. The van der Waals surface area contributed by atoms with Gasteiger partial charge in [0.25, 0.3) is 11.6 Å². The van der Waals surface area contributed by atoms with Gasteiger partial charge in [0.05, 0.1) is 29.4 Å². The van der Waals surface area contributed by atoms with Crippen LogP contribution in [0.2, 0.25) is 0 Å². The van der Waals surface area contributed by atoms with Gasteiger partial charge in [0.1, 0.15) is 5.75 Å². The van der Waals surface area contributed by atoms with Gasteiger partial charge in [0.2, 0.25) is 0 Å². The van der Waals surface area contributed by atoms with Crippen LogP contribution in [-0.2, 0) is 9.53 Å². The quantitative estimate of drug-likeness (QED) is 0.478. The lowest BCUT2D eigenvalue weighted by molar-refractivity contribution is -0.384. The van der Waals surface area contributed by atoms with Crippen molar-refractivity contribution >= 4 is 23.3 Å². The number of halogens is 2. The number of nitrogens with one attached hydrogen (secondary N) is 1. The van der Waals surface area contributed by atoms with Gasteiger partial charge < -0.3 is 14.8 Å². The number of carbonyl (C=O) groups is 2. The minimum Gasteiger partial charge on any atom is -0.494 e. The van der Waals surface area contributed by atoms with E-state index < -0.39 is 35.0 Å². The molecule has 2 aromatic rings. The van der Waals surface area contributed by atoms with Crippen molar-refractivity contribution in [3.8, 4) is 5.75 Å². The molecule has 10 heteroatoms.